The molecule has 0 spiro atoms. The first kappa shape index (κ1) is 19.8. The van der Waals surface area contributed by atoms with Crippen LogP contribution < -0.4 is 14.8 Å². The highest BCUT2D eigenvalue weighted by atomic mass is 32.2. The maximum atomic E-state index is 12.5. The molecule has 0 fully saturated rings. The van der Waals surface area contributed by atoms with Gasteiger partial charge in [-0.3, -0.25) is 9.78 Å². The van der Waals surface area contributed by atoms with Crippen LogP contribution in [0.1, 0.15) is 13.8 Å². The van der Waals surface area contributed by atoms with Gasteiger partial charge in [0.05, 0.1) is 30.6 Å². The van der Waals surface area contributed by atoms with Crippen molar-refractivity contribution < 1.29 is 19.1 Å². The lowest BCUT2D eigenvalue weighted by Gasteiger charge is -2.24. The smallest absolute Gasteiger partial charge is 0.272 e. The Hall–Kier alpha value is -2.48. The number of nitrogens with one attached hydrogen (secondary N) is 1. The maximum Gasteiger partial charge on any atom is 0.272 e. The second kappa shape index (κ2) is 8.75. The van der Waals surface area contributed by atoms with Crippen molar-refractivity contribution in [2.24, 2.45) is 5.16 Å². The van der Waals surface area contributed by atoms with Crippen LogP contribution in [0.5, 0.6) is 11.5 Å². The second-order valence-electron chi connectivity index (χ2n) is 6.04. The van der Waals surface area contributed by atoms with Crippen LogP contribution in [0, 0.1) is 0 Å². The summed E-state index contributed by atoms with van der Waals surface area (Å²) in [5, 5.41) is 7.45. The molecule has 1 aromatic heterocycles. The monoisotopic (exact) mass is 377 g/mol. The summed E-state index contributed by atoms with van der Waals surface area (Å²) in [5.74, 6) is 0.979. The van der Waals surface area contributed by atoms with Gasteiger partial charge in [-0.25, -0.2) is 0 Å². The van der Waals surface area contributed by atoms with E-state index in [9.17, 15) is 4.79 Å². The SMILES string of the molecule is CON=CC(C)(C)NC(=O)C(Oc1ccc2ncc(OC)cc2c1)SC. The summed E-state index contributed by atoms with van der Waals surface area (Å²) in [4.78, 5) is 21.5. The van der Waals surface area contributed by atoms with Crippen LogP contribution in [0.3, 0.4) is 0 Å². The lowest BCUT2D eigenvalue weighted by Crippen LogP contribution is -2.49. The van der Waals surface area contributed by atoms with Gasteiger partial charge >= 0.3 is 0 Å². The molecule has 0 aliphatic carbocycles. The molecule has 0 radical (unpaired) electrons. The van der Waals surface area contributed by atoms with Gasteiger partial charge in [-0.2, -0.15) is 0 Å². The lowest BCUT2D eigenvalue weighted by molar-refractivity contribution is -0.125. The quantitative estimate of drug-likeness (QED) is 0.433. The molecule has 140 valence electrons. The van der Waals surface area contributed by atoms with Crippen LogP contribution in [-0.4, -0.2) is 48.6 Å². The minimum atomic E-state index is -0.707. The maximum absolute atomic E-state index is 12.5. The predicted molar refractivity (Wildman–Crippen MR) is 104 cm³/mol. The van der Waals surface area contributed by atoms with Gasteiger partial charge in [0.15, 0.2) is 0 Å². The third-order valence-electron chi connectivity index (χ3n) is 3.46. The lowest BCUT2D eigenvalue weighted by atomic mass is 10.1. The standard InChI is InChI=1S/C18H23N3O4S/c1-18(2,11-20-24-4)21-16(22)17(26-5)25-13-6-7-15-12(8-13)9-14(23-3)10-19-15/h6-11,17H,1-5H3,(H,21,22). The molecule has 8 heteroatoms. The van der Waals surface area contributed by atoms with Gasteiger partial charge in [-0.1, -0.05) is 5.16 Å². The first-order valence-corrected chi connectivity index (χ1v) is 9.20. The number of hydrogen-bond donors (Lipinski definition) is 1. The number of benzene rings is 1. The van der Waals surface area contributed by atoms with Crippen molar-refractivity contribution in [1.29, 1.82) is 0 Å². The average Bonchev–Trinajstić information content (AvgIpc) is 2.63. The Balaban J connectivity index is 2.14. The molecule has 7 nitrogen and oxygen atoms in total. The Labute approximate surface area is 157 Å². The summed E-state index contributed by atoms with van der Waals surface area (Å²) < 4.78 is 11.1. The van der Waals surface area contributed by atoms with E-state index in [0.717, 1.165) is 10.9 Å². The van der Waals surface area contributed by atoms with Crippen molar-refractivity contribution in [3.8, 4) is 11.5 Å². The van der Waals surface area contributed by atoms with Crippen molar-refractivity contribution in [1.82, 2.24) is 10.3 Å². The zero-order valence-electron chi connectivity index (χ0n) is 15.5. The number of methoxy groups -OCH3 is 1. The fraction of sp³-hybridized carbons (Fsp3) is 0.389. The molecule has 1 atom stereocenters. The van der Waals surface area contributed by atoms with Gasteiger partial charge < -0.3 is 19.6 Å². The number of fused-ring (bicyclic) bond motifs is 1. The average molecular weight is 377 g/mol. The molecule has 1 aromatic carbocycles. The molecular formula is C18H23N3O4S. The highest BCUT2D eigenvalue weighted by Crippen LogP contribution is 2.25. The number of rotatable bonds is 8. The summed E-state index contributed by atoms with van der Waals surface area (Å²) in [7, 11) is 3.04. The van der Waals surface area contributed by atoms with Crippen LogP contribution in [0.4, 0.5) is 0 Å². The highest BCUT2D eigenvalue weighted by Gasteiger charge is 2.26. The van der Waals surface area contributed by atoms with Crippen LogP contribution in [0.2, 0.25) is 0 Å². The van der Waals surface area contributed by atoms with Crippen LogP contribution >= 0.6 is 11.8 Å². The fourth-order valence-electron chi connectivity index (χ4n) is 2.20. The zero-order valence-corrected chi connectivity index (χ0v) is 16.3. The molecule has 1 heterocycles. The number of pyridine rings is 1. The van der Waals surface area contributed by atoms with Gasteiger partial charge in [0.25, 0.3) is 5.91 Å². The van der Waals surface area contributed by atoms with E-state index in [4.69, 9.17) is 9.47 Å². The van der Waals surface area contributed by atoms with E-state index in [0.29, 0.717) is 11.5 Å². The molecule has 26 heavy (non-hydrogen) atoms. The number of hydrogen-bond acceptors (Lipinski definition) is 7. The number of aromatic nitrogens is 1. The molecule has 0 aliphatic rings. The van der Waals surface area contributed by atoms with E-state index in [1.165, 1.54) is 25.1 Å². The molecule has 0 aliphatic heterocycles. The first-order valence-electron chi connectivity index (χ1n) is 7.91. The number of ether oxygens (including phenoxy) is 2. The predicted octanol–water partition coefficient (Wildman–Crippen LogP) is 2.84. The summed E-state index contributed by atoms with van der Waals surface area (Å²) >= 11 is 1.30. The Morgan fingerprint density at radius 2 is 2.04 bits per heavy atom. The Morgan fingerprint density at radius 3 is 2.69 bits per heavy atom. The minimum absolute atomic E-state index is 0.256. The zero-order chi connectivity index (χ0) is 19.2. The van der Waals surface area contributed by atoms with Crippen LogP contribution in [0.25, 0.3) is 10.9 Å². The topological polar surface area (TPSA) is 82.0 Å². The van der Waals surface area contributed by atoms with Crippen molar-refractivity contribution in [2.75, 3.05) is 20.5 Å². The van der Waals surface area contributed by atoms with Gasteiger partial charge in [0.2, 0.25) is 5.44 Å². The van der Waals surface area contributed by atoms with E-state index >= 15 is 0 Å². The number of carbonyl (C=O) groups excluding carboxylic acids is 1. The Bertz CT molecular complexity index is 795. The van der Waals surface area contributed by atoms with Gasteiger partial charge in [0.1, 0.15) is 18.6 Å². The molecule has 1 unspecified atom stereocenters. The molecule has 1 N–H and O–H groups in total. The Kier molecular flexibility index (Phi) is 6.68. The van der Waals surface area contributed by atoms with Crippen LogP contribution in [0.15, 0.2) is 35.6 Å². The van der Waals surface area contributed by atoms with Gasteiger partial charge in [0, 0.05) is 5.39 Å². The second-order valence-corrected chi connectivity index (χ2v) is 6.94. The van der Waals surface area contributed by atoms with E-state index < -0.39 is 11.0 Å². The molecular weight excluding hydrogens is 354 g/mol. The molecule has 2 rings (SSSR count). The molecule has 0 saturated carbocycles. The summed E-state index contributed by atoms with van der Waals surface area (Å²) in [5.41, 5.74) is -0.549. The van der Waals surface area contributed by atoms with Crippen molar-refractivity contribution in [3.05, 3.63) is 30.5 Å². The van der Waals surface area contributed by atoms with Gasteiger partial charge in [-0.15, -0.1) is 11.8 Å². The summed E-state index contributed by atoms with van der Waals surface area (Å²) in [6.07, 6.45) is 4.99. The van der Waals surface area contributed by atoms with E-state index in [1.807, 2.05) is 38.3 Å². The van der Waals surface area contributed by atoms with Crippen LogP contribution in [-0.2, 0) is 9.63 Å². The third-order valence-corrected chi connectivity index (χ3v) is 4.20. The van der Waals surface area contributed by atoms with E-state index in [1.54, 1.807) is 19.4 Å². The largest absolute Gasteiger partial charge is 0.495 e. The van der Waals surface area contributed by atoms with E-state index in [2.05, 4.69) is 20.3 Å². The molecule has 0 bridgehead atoms. The summed E-state index contributed by atoms with van der Waals surface area (Å²) in [6, 6.07) is 7.33. The number of oxime groups is 1. The molecule has 0 saturated heterocycles. The fourth-order valence-corrected chi connectivity index (χ4v) is 2.68. The number of nitrogens with zero attached hydrogens (tertiary/aromatic N) is 2. The number of carbonyl (C=O) groups is 1. The Morgan fingerprint density at radius 1 is 1.31 bits per heavy atom. The third kappa shape index (κ3) is 5.26. The normalized spacial score (nSPS) is 12.8. The van der Waals surface area contributed by atoms with E-state index in [-0.39, 0.29) is 5.91 Å². The van der Waals surface area contributed by atoms with Crippen molar-refractivity contribution in [2.45, 2.75) is 24.8 Å². The first-order chi connectivity index (χ1) is 12.4. The highest BCUT2D eigenvalue weighted by molar-refractivity contribution is 7.99. The molecule has 1 amide bonds. The minimum Gasteiger partial charge on any atom is -0.495 e. The molecule has 2 aromatic rings. The number of thioether (sulfide) groups is 1. The number of amides is 1. The van der Waals surface area contributed by atoms with Crippen molar-refractivity contribution in [3.63, 3.8) is 0 Å². The van der Waals surface area contributed by atoms with Crippen molar-refractivity contribution >= 4 is 34.8 Å². The van der Waals surface area contributed by atoms with Gasteiger partial charge in [-0.05, 0) is 44.4 Å². The summed E-state index contributed by atoms with van der Waals surface area (Å²) in [6.45, 7) is 3.64.